The minimum Gasteiger partial charge on any atom is -0.332 e. The number of nitrogens with one attached hydrogen (secondary N) is 1. The lowest BCUT2D eigenvalue weighted by atomic mass is 10.2. The molecule has 1 aliphatic rings. The Kier molecular flexibility index (Phi) is 7.80. The average Bonchev–Trinajstić information content (AvgIpc) is 3.37. The number of sulfonamides is 1. The molecule has 1 fully saturated rings. The van der Waals surface area contributed by atoms with Crippen molar-refractivity contribution < 1.29 is 21.2 Å². The SMILES string of the molecule is CS(=O)(=O)CC1CCCN1S(=O)(=O)c1ccc(Nc2nc(-c3cccc(F)c3)cs2)cc1.Cl. The van der Waals surface area contributed by atoms with Gasteiger partial charge in [-0.25, -0.2) is 26.2 Å². The lowest BCUT2D eigenvalue weighted by molar-refractivity contribution is 0.408. The van der Waals surface area contributed by atoms with Gasteiger partial charge in [0.1, 0.15) is 15.7 Å². The number of anilines is 2. The fourth-order valence-corrected chi connectivity index (χ4v) is 7.29. The Labute approximate surface area is 203 Å². The first-order valence-electron chi connectivity index (χ1n) is 9.90. The summed E-state index contributed by atoms with van der Waals surface area (Å²) in [6.45, 7) is 0.310. The predicted molar refractivity (Wildman–Crippen MR) is 131 cm³/mol. The number of nitrogens with zero attached hydrogens (tertiary/aromatic N) is 2. The van der Waals surface area contributed by atoms with E-state index in [0.29, 0.717) is 41.5 Å². The summed E-state index contributed by atoms with van der Waals surface area (Å²) in [5.74, 6) is -0.512. The Morgan fingerprint density at radius 1 is 1.15 bits per heavy atom. The fourth-order valence-electron chi connectivity index (χ4n) is 3.72. The molecule has 0 saturated carbocycles. The van der Waals surface area contributed by atoms with Crippen LogP contribution in [0, 0.1) is 5.82 Å². The molecule has 1 unspecified atom stereocenters. The smallest absolute Gasteiger partial charge is 0.243 e. The van der Waals surface area contributed by atoms with Crippen LogP contribution in [0.15, 0.2) is 58.8 Å². The van der Waals surface area contributed by atoms with Crippen molar-refractivity contribution in [1.29, 1.82) is 0 Å². The minimum absolute atomic E-state index is 0. The van der Waals surface area contributed by atoms with Crippen LogP contribution in [0.1, 0.15) is 12.8 Å². The number of sulfone groups is 1. The number of aromatic nitrogens is 1. The van der Waals surface area contributed by atoms with Crippen molar-refractivity contribution in [3.05, 3.63) is 59.7 Å². The highest BCUT2D eigenvalue weighted by Gasteiger charge is 2.36. The molecular weight excluding hydrogens is 509 g/mol. The summed E-state index contributed by atoms with van der Waals surface area (Å²) >= 11 is 1.35. The highest BCUT2D eigenvalue weighted by atomic mass is 35.5. The van der Waals surface area contributed by atoms with Gasteiger partial charge in [-0.05, 0) is 49.2 Å². The Morgan fingerprint density at radius 3 is 2.55 bits per heavy atom. The van der Waals surface area contributed by atoms with Crippen molar-refractivity contribution in [2.45, 2.75) is 23.8 Å². The number of hydrogen-bond acceptors (Lipinski definition) is 7. The van der Waals surface area contributed by atoms with Gasteiger partial charge in [0.2, 0.25) is 10.0 Å². The Balaban J connectivity index is 0.00000306. The quantitative estimate of drug-likeness (QED) is 0.488. The van der Waals surface area contributed by atoms with Gasteiger partial charge in [0.25, 0.3) is 0 Å². The first-order valence-corrected chi connectivity index (χ1v) is 14.3. The van der Waals surface area contributed by atoms with E-state index in [1.165, 1.54) is 39.9 Å². The standard InChI is InChI=1S/C21H22FN3O4S3.ClH/c1-31(26,27)14-18-6-3-11-25(18)32(28,29)19-9-7-17(8-10-19)23-21-24-20(13-30-21)15-4-2-5-16(22)12-15;/h2,4-5,7-10,12-13,18H,3,6,11,14H2,1H3,(H,23,24);1H. The van der Waals surface area contributed by atoms with E-state index < -0.39 is 25.9 Å². The molecule has 0 amide bonds. The third-order valence-corrected chi connectivity index (χ3v) is 8.87. The molecule has 1 aromatic heterocycles. The van der Waals surface area contributed by atoms with Crippen LogP contribution < -0.4 is 5.32 Å². The van der Waals surface area contributed by atoms with E-state index in [9.17, 15) is 21.2 Å². The van der Waals surface area contributed by atoms with E-state index in [0.717, 1.165) is 6.26 Å². The molecule has 178 valence electrons. The minimum atomic E-state index is -3.79. The summed E-state index contributed by atoms with van der Waals surface area (Å²) in [6.07, 6.45) is 2.29. The topological polar surface area (TPSA) is 96.4 Å². The molecule has 1 aliphatic heterocycles. The van der Waals surface area contributed by atoms with Crippen molar-refractivity contribution in [3.63, 3.8) is 0 Å². The third kappa shape index (κ3) is 6.10. The summed E-state index contributed by atoms with van der Waals surface area (Å²) in [7, 11) is -7.08. The molecule has 3 aromatic rings. The van der Waals surface area contributed by atoms with Gasteiger partial charge < -0.3 is 5.32 Å². The fraction of sp³-hybridized carbons (Fsp3) is 0.286. The molecule has 0 aliphatic carbocycles. The predicted octanol–water partition coefficient (Wildman–Crippen LogP) is 4.31. The second-order valence-corrected chi connectivity index (χ2v) is 12.6. The van der Waals surface area contributed by atoms with Crippen LogP contribution in [0.2, 0.25) is 0 Å². The van der Waals surface area contributed by atoms with Crippen LogP contribution in [0.4, 0.5) is 15.2 Å². The Morgan fingerprint density at radius 2 is 1.88 bits per heavy atom. The van der Waals surface area contributed by atoms with Crippen LogP contribution in [-0.4, -0.2) is 50.7 Å². The van der Waals surface area contributed by atoms with Crippen LogP contribution in [0.5, 0.6) is 0 Å². The van der Waals surface area contributed by atoms with Crippen LogP contribution in [-0.2, 0) is 19.9 Å². The van der Waals surface area contributed by atoms with Gasteiger partial charge in [0.05, 0.1) is 16.3 Å². The monoisotopic (exact) mass is 531 g/mol. The maximum absolute atomic E-state index is 13.4. The molecule has 7 nitrogen and oxygen atoms in total. The lowest BCUT2D eigenvalue weighted by Gasteiger charge is -2.23. The van der Waals surface area contributed by atoms with Crippen molar-refractivity contribution in [2.75, 3.05) is 23.9 Å². The number of hydrogen-bond donors (Lipinski definition) is 1. The number of benzene rings is 2. The van der Waals surface area contributed by atoms with Crippen molar-refractivity contribution in [1.82, 2.24) is 9.29 Å². The van der Waals surface area contributed by atoms with Crippen molar-refractivity contribution in [3.8, 4) is 11.3 Å². The highest BCUT2D eigenvalue weighted by molar-refractivity contribution is 7.91. The van der Waals surface area contributed by atoms with Gasteiger partial charge in [0.15, 0.2) is 5.13 Å². The number of thiazole rings is 1. The highest BCUT2D eigenvalue weighted by Crippen LogP contribution is 2.30. The summed E-state index contributed by atoms with van der Waals surface area (Å²) < 4.78 is 64.2. The van der Waals surface area contributed by atoms with Crippen LogP contribution in [0.25, 0.3) is 11.3 Å². The lowest BCUT2D eigenvalue weighted by Crippen LogP contribution is -2.39. The molecule has 0 spiro atoms. The largest absolute Gasteiger partial charge is 0.332 e. The maximum atomic E-state index is 13.4. The molecule has 12 heteroatoms. The summed E-state index contributed by atoms with van der Waals surface area (Å²) in [5.41, 5.74) is 1.96. The first kappa shape index (κ1) is 25.6. The van der Waals surface area contributed by atoms with Gasteiger partial charge in [-0.1, -0.05) is 12.1 Å². The summed E-state index contributed by atoms with van der Waals surface area (Å²) in [6, 6.07) is 11.9. The van der Waals surface area contributed by atoms with Gasteiger partial charge in [0, 0.05) is 35.5 Å². The van der Waals surface area contributed by atoms with E-state index in [1.807, 2.05) is 5.38 Å². The molecular formula is C21H23ClFN3O4S3. The molecule has 2 aromatic carbocycles. The molecule has 33 heavy (non-hydrogen) atoms. The summed E-state index contributed by atoms with van der Waals surface area (Å²) in [4.78, 5) is 4.57. The zero-order valence-electron chi connectivity index (χ0n) is 17.6. The Hall–Kier alpha value is -2.05. The summed E-state index contributed by atoms with van der Waals surface area (Å²) in [5, 5.41) is 5.52. The molecule has 4 rings (SSSR count). The van der Waals surface area contributed by atoms with Crippen LogP contribution in [0.3, 0.4) is 0 Å². The van der Waals surface area contributed by atoms with Crippen LogP contribution >= 0.6 is 23.7 Å². The van der Waals surface area contributed by atoms with Crippen molar-refractivity contribution >= 4 is 54.4 Å². The van der Waals surface area contributed by atoms with Gasteiger partial charge >= 0.3 is 0 Å². The van der Waals surface area contributed by atoms with Gasteiger partial charge in [-0.2, -0.15) is 4.31 Å². The van der Waals surface area contributed by atoms with E-state index >= 15 is 0 Å². The number of rotatable bonds is 7. The maximum Gasteiger partial charge on any atom is 0.243 e. The second-order valence-electron chi connectivity index (χ2n) is 7.70. The first-order chi connectivity index (χ1) is 15.1. The zero-order chi connectivity index (χ0) is 22.9. The van der Waals surface area contributed by atoms with E-state index in [1.54, 1.807) is 24.3 Å². The molecule has 2 heterocycles. The normalized spacial score (nSPS) is 17.0. The van der Waals surface area contributed by atoms with Gasteiger partial charge in [-0.3, -0.25) is 0 Å². The molecule has 0 radical (unpaired) electrons. The van der Waals surface area contributed by atoms with E-state index in [2.05, 4.69) is 10.3 Å². The molecule has 1 N–H and O–H groups in total. The molecule has 1 saturated heterocycles. The second kappa shape index (κ2) is 10.1. The Bertz CT molecular complexity index is 1330. The average molecular weight is 532 g/mol. The van der Waals surface area contributed by atoms with Crippen molar-refractivity contribution in [2.24, 2.45) is 0 Å². The van der Waals surface area contributed by atoms with E-state index in [-0.39, 0.29) is 28.9 Å². The zero-order valence-corrected chi connectivity index (χ0v) is 20.9. The molecule has 1 atom stereocenters. The van der Waals surface area contributed by atoms with E-state index in [4.69, 9.17) is 0 Å². The molecule has 0 bridgehead atoms. The van der Waals surface area contributed by atoms with Gasteiger partial charge in [-0.15, -0.1) is 23.7 Å². The third-order valence-electron chi connectivity index (χ3n) is 5.15. The number of halogens is 2.